The van der Waals surface area contributed by atoms with Gasteiger partial charge in [0.2, 0.25) is 0 Å². The van der Waals surface area contributed by atoms with E-state index < -0.39 is 18.6 Å². The SMILES string of the molecule is COCCOC(=O)C1=C(C)N(C)C(=S)NC1c1ccccc1OC(F)F. The Morgan fingerprint density at radius 1 is 1.35 bits per heavy atom. The van der Waals surface area contributed by atoms with Crippen molar-refractivity contribution in [3.63, 3.8) is 0 Å². The van der Waals surface area contributed by atoms with Gasteiger partial charge in [-0.1, -0.05) is 18.2 Å². The van der Waals surface area contributed by atoms with E-state index in [1.54, 1.807) is 37.1 Å². The smallest absolute Gasteiger partial charge is 0.387 e. The number of hydrogen-bond acceptors (Lipinski definition) is 5. The zero-order valence-electron chi connectivity index (χ0n) is 14.6. The molecule has 1 N–H and O–H groups in total. The molecular formula is C17H20F2N2O4S. The van der Waals surface area contributed by atoms with Crippen molar-refractivity contribution in [3.05, 3.63) is 41.1 Å². The Bertz CT molecular complexity index is 712. The Labute approximate surface area is 155 Å². The summed E-state index contributed by atoms with van der Waals surface area (Å²) in [6.07, 6.45) is 0. The van der Waals surface area contributed by atoms with Crippen LogP contribution in [0.2, 0.25) is 0 Å². The Hall–Kier alpha value is -2.26. The van der Waals surface area contributed by atoms with Crippen LogP contribution in [-0.4, -0.2) is 50.0 Å². The van der Waals surface area contributed by atoms with Gasteiger partial charge in [0.05, 0.1) is 18.2 Å². The number of thiocarbonyl (C=S) groups is 1. The van der Waals surface area contributed by atoms with Gasteiger partial charge >= 0.3 is 12.6 Å². The van der Waals surface area contributed by atoms with Crippen LogP contribution in [0.1, 0.15) is 18.5 Å². The summed E-state index contributed by atoms with van der Waals surface area (Å²) in [6.45, 7) is -0.960. The first kappa shape index (κ1) is 20.1. The molecule has 1 heterocycles. The molecule has 0 saturated heterocycles. The van der Waals surface area contributed by atoms with Gasteiger partial charge in [-0.05, 0) is 25.2 Å². The number of ether oxygens (including phenoxy) is 3. The minimum atomic E-state index is -2.99. The van der Waals surface area contributed by atoms with E-state index in [1.165, 1.54) is 13.2 Å². The monoisotopic (exact) mass is 386 g/mol. The molecule has 142 valence electrons. The summed E-state index contributed by atoms with van der Waals surface area (Å²) in [5.41, 5.74) is 1.19. The van der Waals surface area contributed by atoms with E-state index >= 15 is 0 Å². The molecule has 1 aliphatic rings. The molecule has 0 radical (unpaired) electrons. The van der Waals surface area contributed by atoms with E-state index in [4.69, 9.17) is 21.7 Å². The van der Waals surface area contributed by atoms with Crippen LogP contribution in [0.25, 0.3) is 0 Å². The third-order valence-corrected chi connectivity index (χ3v) is 4.33. The average molecular weight is 386 g/mol. The molecule has 0 saturated carbocycles. The lowest BCUT2D eigenvalue weighted by Crippen LogP contribution is -2.46. The molecule has 9 heteroatoms. The van der Waals surface area contributed by atoms with Crippen molar-refractivity contribution in [3.8, 4) is 5.75 Å². The maximum atomic E-state index is 12.8. The normalized spacial score (nSPS) is 17.4. The summed E-state index contributed by atoms with van der Waals surface area (Å²) < 4.78 is 40.2. The lowest BCUT2D eigenvalue weighted by atomic mass is 9.94. The number of halogens is 2. The van der Waals surface area contributed by atoms with Gasteiger partial charge in [-0.3, -0.25) is 0 Å². The Morgan fingerprint density at radius 3 is 2.69 bits per heavy atom. The summed E-state index contributed by atoms with van der Waals surface area (Å²) in [4.78, 5) is 14.2. The van der Waals surface area contributed by atoms with Crippen molar-refractivity contribution in [1.29, 1.82) is 0 Å². The molecular weight excluding hydrogens is 366 g/mol. The van der Waals surface area contributed by atoms with Gasteiger partial charge in [0.15, 0.2) is 5.11 Å². The molecule has 1 aliphatic heterocycles. The molecule has 0 fully saturated rings. The number of benzene rings is 1. The molecule has 6 nitrogen and oxygen atoms in total. The third kappa shape index (κ3) is 4.47. The van der Waals surface area contributed by atoms with Crippen molar-refractivity contribution in [2.75, 3.05) is 27.4 Å². The molecule has 0 aromatic heterocycles. The minimum Gasteiger partial charge on any atom is -0.460 e. The molecule has 1 aromatic carbocycles. The number of hydrogen-bond donors (Lipinski definition) is 1. The van der Waals surface area contributed by atoms with Crippen molar-refractivity contribution >= 4 is 23.3 Å². The second-order valence-electron chi connectivity index (χ2n) is 5.49. The van der Waals surface area contributed by atoms with Gasteiger partial charge in [-0.25, -0.2) is 4.79 Å². The quantitative estimate of drug-likeness (QED) is 0.439. The summed E-state index contributed by atoms with van der Waals surface area (Å²) in [5.74, 6) is -0.624. The number of alkyl halides is 2. The standard InChI is InChI=1S/C17H20F2N2O4S/c1-10-13(15(22)24-9-8-23-3)14(20-17(26)21(10)2)11-6-4-5-7-12(11)25-16(18)19/h4-7,14,16H,8-9H2,1-3H3,(H,20,26). The first-order valence-electron chi connectivity index (χ1n) is 7.81. The first-order chi connectivity index (χ1) is 12.4. The Kier molecular flexibility index (Phi) is 6.87. The highest BCUT2D eigenvalue weighted by Gasteiger charge is 2.35. The number of allylic oxidation sites excluding steroid dienone is 1. The topological polar surface area (TPSA) is 60.0 Å². The molecule has 2 rings (SSSR count). The summed E-state index contributed by atoms with van der Waals surface area (Å²) in [7, 11) is 3.19. The number of rotatable bonds is 7. The molecule has 0 amide bonds. The van der Waals surface area contributed by atoms with Gasteiger partial charge in [-0.2, -0.15) is 8.78 Å². The highest BCUT2D eigenvalue weighted by molar-refractivity contribution is 7.80. The predicted molar refractivity (Wildman–Crippen MR) is 94.8 cm³/mol. The van der Waals surface area contributed by atoms with Crippen molar-refractivity contribution in [2.24, 2.45) is 0 Å². The van der Waals surface area contributed by atoms with Crippen LogP contribution in [0.4, 0.5) is 8.78 Å². The van der Waals surface area contributed by atoms with Gasteiger partial charge < -0.3 is 24.4 Å². The van der Waals surface area contributed by atoms with Gasteiger partial charge in [0, 0.05) is 25.4 Å². The Balaban J connectivity index is 2.44. The number of methoxy groups -OCH3 is 1. The number of carbonyl (C=O) groups is 1. The van der Waals surface area contributed by atoms with Crippen LogP contribution < -0.4 is 10.1 Å². The van der Waals surface area contributed by atoms with E-state index in [0.29, 0.717) is 16.4 Å². The largest absolute Gasteiger partial charge is 0.460 e. The lowest BCUT2D eigenvalue weighted by molar-refractivity contribution is -0.140. The molecule has 0 aliphatic carbocycles. The maximum absolute atomic E-state index is 12.8. The van der Waals surface area contributed by atoms with Gasteiger partial charge in [0.25, 0.3) is 0 Å². The first-order valence-corrected chi connectivity index (χ1v) is 8.22. The number of esters is 1. The van der Waals surface area contributed by atoms with E-state index in [9.17, 15) is 13.6 Å². The van der Waals surface area contributed by atoms with E-state index in [2.05, 4.69) is 10.1 Å². The van der Waals surface area contributed by atoms with Crippen molar-refractivity contribution in [1.82, 2.24) is 10.2 Å². The van der Waals surface area contributed by atoms with Crippen LogP contribution in [0.15, 0.2) is 35.5 Å². The molecule has 0 spiro atoms. The maximum Gasteiger partial charge on any atom is 0.387 e. The van der Waals surface area contributed by atoms with E-state index in [1.807, 2.05) is 0 Å². The minimum absolute atomic E-state index is 0.0395. The van der Waals surface area contributed by atoms with Crippen LogP contribution in [0.3, 0.4) is 0 Å². The van der Waals surface area contributed by atoms with Crippen LogP contribution in [0.5, 0.6) is 5.75 Å². The third-order valence-electron chi connectivity index (χ3n) is 3.94. The second kappa shape index (κ2) is 8.91. The summed E-state index contributed by atoms with van der Waals surface area (Å²) in [6, 6.07) is 5.47. The molecule has 1 atom stereocenters. The highest BCUT2D eigenvalue weighted by atomic mass is 32.1. The molecule has 1 aromatic rings. The predicted octanol–water partition coefficient (Wildman–Crippen LogP) is 2.61. The van der Waals surface area contributed by atoms with Crippen LogP contribution in [-0.2, 0) is 14.3 Å². The number of carbonyl (C=O) groups excluding carboxylic acids is 1. The fourth-order valence-corrected chi connectivity index (χ4v) is 2.81. The van der Waals surface area contributed by atoms with E-state index in [-0.39, 0.29) is 24.5 Å². The number of nitrogens with zero attached hydrogens (tertiary/aromatic N) is 1. The number of para-hydroxylation sites is 1. The van der Waals surface area contributed by atoms with Crippen LogP contribution >= 0.6 is 12.2 Å². The van der Waals surface area contributed by atoms with Gasteiger partial charge in [0.1, 0.15) is 12.4 Å². The zero-order chi connectivity index (χ0) is 19.3. The van der Waals surface area contributed by atoms with Gasteiger partial charge in [-0.15, -0.1) is 0 Å². The highest BCUT2D eigenvalue weighted by Crippen LogP contribution is 2.36. The average Bonchev–Trinajstić information content (AvgIpc) is 2.59. The van der Waals surface area contributed by atoms with Crippen molar-refractivity contribution in [2.45, 2.75) is 19.6 Å². The van der Waals surface area contributed by atoms with Crippen LogP contribution in [0, 0.1) is 0 Å². The van der Waals surface area contributed by atoms with E-state index in [0.717, 1.165) is 0 Å². The molecule has 26 heavy (non-hydrogen) atoms. The molecule has 0 bridgehead atoms. The zero-order valence-corrected chi connectivity index (χ0v) is 15.4. The second-order valence-corrected chi connectivity index (χ2v) is 5.87. The fourth-order valence-electron chi connectivity index (χ4n) is 2.55. The lowest BCUT2D eigenvalue weighted by Gasteiger charge is -2.35. The molecule has 1 unspecified atom stereocenters. The fraction of sp³-hybridized carbons (Fsp3) is 0.412. The Morgan fingerprint density at radius 2 is 2.04 bits per heavy atom. The summed E-state index contributed by atoms with van der Waals surface area (Å²) in [5, 5.41) is 3.34. The number of nitrogens with one attached hydrogen (secondary N) is 1. The summed E-state index contributed by atoms with van der Waals surface area (Å²) >= 11 is 5.28. The van der Waals surface area contributed by atoms with Crippen molar-refractivity contribution < 1.29 is 27.8 Å².